The Balaban J connectivity index is 1.35. The van der Waals surface area contributed by atoms with Crippen LogP contribution in [0.2, 0.25) is 5.02 Å². The molecule has 2 aromatic carbocycles. The van der Waals surface area contributed by atoms with Crippen molar-refractivity contribution in [2.75, 3.05) is 26.2 Å². The molecule has 30 heavy (non-hydrogen) atoms. The number of para-hydroxylation sites is 2. The van der Waals surface area contributed by atoms with E-state index in [-0.39, 0.29) is 24.5 Å². The predicted molar refractivity (Wildman–Crippen MR) is 118 cm³/mol. The number of carbonyl (C=O) groups is 2. The highest BCUT2D eigenvalue weighted by Gasteiger charge is 2.25. The van der Waals surface area contributed by atoms with Crippen LogP contribution in [0, 0.1) is 0 Å². The van der Waals surface area contributed by atoms with Gasteiger partial charge in [-0.15, -0.1) is 11.3 Å². The standard InChI is InChI=1S/C22H21ClN2O4S/c1-2-25(12-14-13-28-16-8-4-5-9-17(16)29-14)19(26)11-24-22(27)21-20(23)15-7-3-6-10-18(15)30-21/h3-10,14H,2,11-13H2,1H3,(H,24,27). The van der Waals surface area contributed by atoms with Crippen LogP contribution in [0.25, 0.3) is 10.1 Å². The maximum absolute atomic E-state index is 12.7. The Labute approximate surface area is 183 Å². The van der Waals surface area contributed by atoms with Gasteiger partial charge in [0.05, 0.1) is 18.1 Å². The van der Waals surface area contributed by atoms with Gasteiger partial charge in [0.25, 0.3) is 5.91 Å². The van der Waals surface area contributed by atoms with Gasteiger partial charge >= 0.3 is 0 Å². The van der Waals surface area contributed by atoms with Crippen molar-refractivity contribution in [3.05, 3.63) is 58.4 Å². The number of fused-ring (bicyclic) bond motifs is 2. The quantitative estimate of drug-likeness (QED) is 0.624. The molecule has 8 heteroatoms. The Hall–Kier alpha value is -2.77. The van der Waals surface area contributed by atoms with E-state index in [4.69, 9.17) is 21.1 Å². The molecule has 0 saturated heterocycles. The van der Waals surface area contributed by atoms with E-state index in [1.807, 2.05) is 55.5 Å². The number of ether oxygens (including phenoxy) is 2. The molecule has 4 rings (SSSR count). The van der Waals surface area contributed by atoms with Crippen molar-refractivity contribution in [3.8, 4) is 11.5 Å². The lowest BCUT2D eigenvalue weighted by Gasteiger charge is -2.31. The number of hydrogen-bond acceptors (Lipinski definition) is 5. The van der Waals surface area contributed by atoms with Gasteiger partial charge in [-0.25, -0.2) is 0 Å². The third kappa shape index (κ3) is 4.22. The van der Waals surface area contributed by atoms with E-state index in [1.54, 1.807) is 4.90 Å². The normalized spacial score (nSPS) is 15.1. The van der Waals surface area contributed by atoms with E-state index < -0.39 is 0 Å². The first kappa shape index (κ1) is 20.5. The van der Waals surface area contributed by atoms with E-state index in [1.165, 1.54) is 11.3 Å². The lowest BCUT2D eigenvalue weighted by molar-refractivity contribution is -0.131. The number of carbonyl (C=O) groups excluding carboxylic acids is 2. The number of rotatable bonds is 6. The summed E-state index contributed by atoms with van der Waals surface area (Å²) in [5.41, 5.74) is 0. The molecule has 1 atom stereocenters. The second kappa shape index (κ2) is 8.93. The van der Waals surface area contributed by atoms with Crippen molar-refractivity contribution in [1.29, 1.82) is 0 Å². The summed E-state index contributed by atoms with van der Waals surface area (Å²) in [7, 11) is 0. The van der Waals surface area contributed by atoms with E-state index in [2.05, 4.69) is 5.32 Å². The molecule has 1 unspecified atom stereocenters. The Morgan fingerprint density at radius 2 is 1.90 bits per heavy atom. The summed E-state index contributed by atoms with van der Waals surface area (Å²) in [6.45, 7) is 3.02. The number of likely N-dealkylation sites (N-methyl/N-ethyl adjacent to an activating group) is 1. The molecular formula is C22H21ClN2O4S. The summed E-state index contributed by atoms with van der Waals surface area (Å²) in [6.07, 6.45) is -0.267. The zero-order valence-corrected chi connectivity index (χ0v) is 18.0. The maximum Gasteiger partial charge on any atom is 0.263 e. The molecule has 1 aliphatic heterocycles. The van der Waals surface area contributed by atoms with Crippen LogP contribution in [0.4, 0.5) is 0 Å². The van der Waals surface area contributed by atoms with Crippen molar-refractivity contribution in [2.45, 2.75) is 13.0 Å². The highest BCUT2D eigenvalue weighted by atomic mass is 35.5. The largest absolute Gasteiger partial charge is 0.486 e. The molecule has 1 N–H and O–H groups in total. The SMILES string of the molecule is CCN(CC1COc2ccccc2O1)C(=O)CNC(=O)c1sc2ccccc2c1Cl. The molecule has 6 nitrogen and oxygen atoms in total. The Morgan fingerprint density at radius 3 is 2.67 bits per heavy atom. The second-order valence-corrected chi connectivity index (χ2v) is 8.28. The fourth-order valence-corrected chi connectivity index (χ4v) is 4.75. The van der Waals surface area contributed by atoms with Gasteiger partial charge in [-0.2, -0.15) is 0 Å². The molecule has 2 amide bonds. The maximum atomic E-state index is 12.7. The van der Waals surface area contributed by atoms with E-state index in [0.29, 0.717) is 41.1 Å². The molecule has 2 heterocycles. The first-order valence-electron chi connectivity index (χ1n) is 9.68. The molecule has 0 fully saturated rings. The molecule has 0 spiro atoms. The van der Waals surface area contributed by atoms with Crippen molar-refractivity contribution in [1.82, 2.24) is 10.2 Å². The fourth-order valence-electron chi connectivity index (χ4n) is 3.31. The minimum absolute atomic E-state index is 0.110. The van der Waals surface area contributed by atoms with Crippen LogP contribution in [-0.2, 0) is 4.79 Å². The minimum Gasteiger partial charge on any atom is -0.486 e. The van der Waals surface area contributed by atoms with Gasteiger partial charge < -0.3 is 19.7 Å². The number of amides is 2. The number of nitrogens with zero attached hydrogens (tertiary/aromatic N) is 1. The minimum atomic E-state index is -0.350. The molecular weight excluding hydrogens is 424 g/mol. The summed E-state index contributed by atoms with van der Waals surface area (Å²) in [6, 6.07) is 15.0. The van der Waals surface area contributed by atoms with Crippen molar-refractivity contribution < 1.29 is 19.1 Å². The van der Waals surface area contributed by atoms with Crippen LogP contribution < -0.4 is 14.8 Å². The molecule has 3 aromatic rings. The average molecular weight is 445 g/mol. The van der Waals surface area contributed by atoms with Gasteiger partial charge in [-0.05, 0) is 25.1 Å². The molecule has 1 aromatic heterocycles. The molecule has 0 radical (unpaired) electrons. The fraction of sp³-hybridized carbons (Fsp3) is 0.273. The van der Waals surface area contributed by atoms with E-state index >= 15 is 0 Å². The van der Waals surface area contributed by atoms with Crippen LogP contribution in [-0.4, -0.2) is 49.1 Å². The van der Waals surface area contributed by atoms with Gasteiger partial charge in [-0.3, -0.25) is 9.59 Å². The lowest BCUT2D eigenvalue weighted by Crippen LogP contribution is -2.46. The van der Waals surface area contributed by atoms with Crippen LogP contribution >= 0.6 is 22.9 Å². The smallest absolute Gasteiger partial charge is 0.263 e. The van der Waals surface area contributed by atoms with Gasteiger partial charge in [0, 0.05) is 16.6 Å². The monoisotopic (exact) mass is 444 g/mol. The second-order valence-electron chi connectivity index (χ2n) is 6.85. The summed E-state index contributed by atoms with van der Waals surface area (Å²) >= 11 is 7.67. The van der Waals surface area contributed by atoms with Crippen molar-refractivity contribution in [3.63, 3.8) is 0 Å². The number of nitrogens with one attached hydrogen (secondary N) is 1. The first-order chi connectivity index (χ1) is 14.6. The Morgan fingerprint density at radius 1 is 1.17 bits per heavy atom. The van der Waals surface area contributed by atoms with Crippen LogP contribution in [0.15, 0.2) is 48.5 Å². The molecule has 0 bridgehead atoms. The summed E-state index contributed by atoms with van der Waals surface area (Å²) in [4.78, 5) is 27.3. The number of benzene rings is 2. The van der Waals surface area contributed by atoms with Gasteiger partial charge in [-0.1, -0.05) is 41.9 Å². The number of thiophene rings is 1. The number of halogens is 1. The Bertz CT molecular complexity index is 1080. The average Bonchev–Trinajstić information content (AvgIpc) is 3.12. The third-order valence-electron chi connectivity index (χ3n) is 4.87. The molecule has 0 aliphatic carbocycles. The van der Waals surface area contributed by atoms with Crippen LogP contribution in [0.1, 0.15) is 16.6 Å². The topological polar surface area (TPSA) is 67.9 Å². The van der Waals surface area contributed by atoms with Gasteiger partial charge in [0.2, 0.25) is 5.91 Å². The van der Waals surface area contributed by atoms with Gasteiger partial charge in [0.1, 0.15) is 11.5 Å². The summed E-state index contributed by atoms with van der Waals surface area (Å²) in [5.74, 6) is 0.836. The summed E-state index contributed by atoms with van der Waals surface area (Å²) in [5, 5.41) is 3.95. The molecule has 0 saturated carbocycles. The zero-order chi connectivity index (χ0) is 21.1. The Kier molecular flexibility index (Phi) is 6.11. The predicted octanol–water partition coefficient (Wildman–Crippen LogP) is 3.97. The highest BCUT2D eigenvalue weighted by molar-refractivity contribution is 7.21. The van der Waals surface area contributed by atoms with Crippen LogP contribution in [0.5, 0.6) is 11.5 Å². The van der Waals surface area contributed by atoms with Gasteiger partial charge in [0.15, 0.2) is 17.6 Å². The van der Waals surface area contributed by atoms with Crippen molar-refractivity contribution in [2.24, 2.45) is 0 Å². The zero-order valence-electron chi connectivity index (χ0n) is 16.4. The molecule has 156 valence electrons. The van der Waals surface area contributed by atoms with E-state index in [9.17, 15) is 9.59 Å². The molecule has 1 aliphatic rings. The first-order valence-corrected chi connectivity index (χ1v) is 10.9. The summed E-state index contributed by atoms with van der Waals surface area (Å²) < 4.78 is 12.6. The number of hydrogen-bond donors (Lipinski definition) is 1. The van der Waals surface area contributed by atoms with Crippen LogP contribution in [0.3, 0.4) is 0 Å². The lowest BCUT2D eigenvalue weighted by atomic mass is 10.2. The van der Waals surface area contributed by atoms with E-state index in [0.717, 1.165) is 10.1 Å². The van der Waals surface area contributed by atoms with Crippen molar-refractivity contribution >= 4 is 44.8 Å². The third-order valence-corrected chi connectivity index (χ3v) is 6.54. The highest BCUT2D eigenvalue weighted by Crippen LogP contribution is 2.35.